The van der Waals surface area contributed by atoms with Crippen molar-refractivity contribution < 1.29 is 4.21 Å². The van der Waals surface area contributed by atoms with Crippen LogP contribution in [0.25, 0.3) is 0 Å². The average molecular weight is 265 g/mol. The van der Waals surface area contributed by atoms with E-state index in [-0.39, 0.29) is 6.04 Å². The molecule has 1 aliphatic heterocycles. The quantitative estimate of drug-likeness (QED) is 0.910. The van der Waals surface area contributed by atoms with Gasteiger partial charge in [0.2, 0.25) is 0 Å². The molecule has 1 aromatic rings. The Morgan fingerprint density at radius 2 is 2.06 bits per heavy atom. The zero-order valence-electron chi connectivity index (χ0n) is 11.3. The van der Waals surface area contributed by atoms with Gasteiger partial charge in [-0.25, -0.2) is 0 Å². The van der Waals surface area contributed by atoms with Gasteiger partial charge in [0, 0.05) is 27.8 Å². The van der Waals surface area contributed by atoms with Crippen molar-refractivity contribution in [2.45, 2.75) is 44.4 Å². The van der Waals surface area contributed by atoms with E-state index >= 15 is 0 Å². The molecule has 1 fully saturated rings. The largest absolute Gasteiger partial charge is 0.309 e. The molecule has 1 heterocycles. The van der Waals surface area contributed by atoms with Gasteiger partial charge >= 0.3 is 0 Å². The molecule has 3 atom stereocenters. The van der Waals surface area contributed by atoms with Crippen LogP contribution in [0.2, 0.25) is 0 Å². The number of benzene rings is 1. The molecular formula is C15H23NOS. The Balaban J connectivity index is 2.08. The minimum Gasteiger partial charge on any atom is -0.309 e. The fourth-order valence-corrected chi connectivity index (χ4v) is 3.75. The van der Waals surface area contributed by atoms with E-state index in [2.05, 4.69) is 43.4 Å². The second-order valence-corrected chi connectivity index (χ2v) is 7.04. The van der Waals surface area contributed by atoms with Gasteiger partial charge in [0.05, 0.1) is 0 Å². The van der Waals surface area contributed by atoms with E-state index in [1.54, 1.807) is 0 Å². The normalized spacial score (nSPS) is 28.9. The molecule has 0 aromatic heterocycles. The van der Waals surface area contributed by atoms with Crippen LogP contribution in [0.1, 0.15) is 43.9 Å². The van der Waals surface area contributed by atoms with Gasteiger partial charge in [-0.2, -0.15) is 0 Å². The van der Waals surface area contributed by atoms with Crippen molar-refractivity contribution in [2.24, 2.45) is 0 Å². The highest BCUT2D eigenvalue weighted by Gasteiger charge is 2.22. The minimum absolute atomic E-state index is 0.256. The van der Waals surface area contributed by atoms with E-state index in [9.17, 15) is 4.21 Å². The zero-order valence-corrected chi connectivity index (χ0v) is 12.1. The predicted octanol–water partition coefficient (Wildman–Crippen LogP) is 2.81. The lowest BCUT2D eigenvalue weighted by atomic mass is 10.0. The molecule has 2 rings (SSSR count). The van der Waals surface area contributed by atoms with E-state index < -0.39 is 10.8 Å². The topological polar surface area (TPSA) is 29.1 Å². The van der Waals surface area contributed by atoms with Crippen LogP contribution in [-0.4, -0.2) is 21.8 Å². The third-order valence-corrected chi connectivity index (χ3v) is 5.44. The highest BCUT2D eigenvalue weighted by atomic mass is 32.2. The van der Waals surface area contributed by atoms with Gasteiger partial charge in [-0.1, -0.05) is 44.5 Å². The summed E-state index contributed by atoms with van der Waals surface area (Å²) in [6, 6.07) is 9.05. The first-order chi connectivity index (χ1) is 8.70. The first-order valence-electron chi connectivity index (χ1n) is 6.90. The van der Waals surface area contributed by atoms with Crippen molar-refractivity contribution in [1.29, 1.82) is 0 Å². The van der Waals surface area contributed by atoms with Crippen LogP contribution in [0.15, 0.2) is 24.3 Å². The molecule has 1 N–H and O–H groups in total. The summed E-state index contributed by atoms with van der Waals surface area (Å²) in [5.41, 5.74) is 2.67. The molecule has 0 bridgehead atoms. The van der Waals surface area contributed by atoms with Gasteiger partial charge in [0.1, 0.15) is 0 Å². The minimum atomic E-state index is -0.704. The summed E-state index contributed by atoms with van der Waals surface area (Å²) in [4.78, 5) is 0. The molecule has 1 saturated heterocycles. The van der Waals surface area contributed by atoms with Gasteiger partial charge in [-0.15, -0.1) is 0 Å². The van der Waals surface area contributed by atoms with Crippen LogP contribution in [0.5, 0.6) is 0 Å². The Kier molecular flexibility index (Phi) is 4.95. The summed E-state index contributed by atoms with van der Waals surface area (Å²) in [5, 5.41) is 3.84. The van der Waals surface area contributed by atoms with Gasteiger partial charge in [-0.3, -0.25) is 4.21 Å². The summed E-state index contributed by atoms with van der Waals surface area (Å²) in [6.45, 7) is 5.25. The third kappa shape index (κ3) is 3.42. The molecule has 2 nitrogen and oxygen atoms in total. The molecular weight excluding hydrogens is 242 g/mol. The van der Waals surface area contributed by atoms with E-state index in [0.29, 0.717) is 5.25 Å². The maximum atomic E-state index is 12.0. The van der Waals surface area contributed by atoms with Crippen molar-refractivity contribution in [3.63, 3.8) is 0 Å². The number of hydrogen-bond acceptors (Lipinski definition) is 2. The Bertz CT molecular complexity index is 401. The molecule has 0 spiro atoms. The van der Waals surface area contributed by atoms with E-state index in [1.165, 1.54) is 17.5 Å². The predicted molar refractivity (Wildman–Crippen MR) is 78.3 cm³/mol. The monoisotopic (exact) mass is 265 g/mol. The molecule has 0 saturated carbocycles. The first kappa shape index (κ1) is 13.8. The molecule has 0 amide bonds. The maximum absolute atomic E-state index is 12.0. The van der Waals surface area contributed by atoms with E-state index in [1.807, 2.05) is 0 Å². The van der Waals surface area contributed by atoms with E-state index in [0.717, 1.165) is 25.1 Å². The third-order valence-electron chi connectivity index (χ3n) is 3.64. The standard InChI is InChI=1S/C15H23NOS/c1-3-4-13-5-7-14(8-6-13)15-11-18(17)12(2)9-10-16-15/h5-8,12,15-16H,3-4,9-11H2,1-2H3. The number of hydrogen-bond donors (Lipinski definition) is 1. The Labute approximate surface area is 113 Å². The van der Waals surface area contributed by atoms with Gasteiger partial charge in [0.15, 0.2) is 0 Å². The molecule has 0 aliphatic carbocycles. The van der Waals surface area contributed by atoms with Gasteiger partial charge in [0.25, 0.3) is 0 Å². The zero-order chi connectivity index (χ0) is 13.0. The molecule has 3 unspecified atom stereocenters. The molecule has 0 radical (unpaired) electrons. The number of rotatable bonds is 3. The highest BCUT2D eigenvalue weighted by Crippen LogP contribution is 2.20. The van der Waals surface area contributed by atoms with Crippen molar-refractivity contribution in [1.82, 2.24) is 5.32 Å². The average Bonchev–Trinajstić information content (AvgIpc) is 2.54. The lowest BCUT2D eigenvalue weighted by Crippen LogP contribution is -2.23. The van der Waals surface area contributed by atoms with Crippen LogP contribution in [0, 0.1) is 0 Å². The van der Waals surface area contributed by atoms with Crippen molar-refractivity contribution >= 4 is 10.8 Å². The summed E-state index contributed by atoms with van der Waals surface area (Å²) in [7, 11) is -0.704. The fourth-order valence-electron chi connectivity index (χ4n) is 2.40. The maximum Gasteiger partial charge on any atom is 0.0436 e. The van der Waals surface area contributed by atoms with Crippen LogP contribution in [-0.2, 0) is 17.2 Å². The van der Waals surface area contributed by atoms with Crippen molar-refractivity contribution in [2.75, 3.05) is 12.3 Å². The molecule has 1 aromatic carbocycles. The summed E-state index contributed by atoms with van der Waals surface area (Å²) in [5.74, 6) is 0.744. The second-order valence-electron chi connectivity index (χ2n) is 5.14. The molecule has 18 heavy (non-hydrogen) atoms. The fraction of sp³-hybridized carbons (Fsp3) is 0.600. The highest BCUT2D eigenvalue weighted by molar-refractivity contribution is 7.85. The SMILES string of the molecule is CCCc1ccc(C2CS(=O)C(C)CCN2)cc1. The van der Waals surface area contributed by atoms with Crippen LogP contribution in [0.3, 0.4) is 0 Å². The van der Waals surface area contributed by atoms with Gasteiger partial charge in [-0.05, 0) is 30.5 Å². The molecule has 100 valence electrons. The van der Waals surface area contributed by atoms with E-state index in [4.69, 9.17) is 0 Å². The summed E-state index contributed by atoms with van der Waals surface area (Å²) in [6.07, 6.45) is 3.33. The second kappa shape index (κ2) is 6.48. The van der Waals surface area contributed by atoms with Crippen molar-refractivity contribution in [3.05, 3.63) is 35.4 Å². The number of aryl methyl sites for hydroxylation is 1. The van der Waals surface area contributed by atoms with Crippen LogP contribution < -0.4 is 5.32 Å². The Morgan fingerprint density at radius 3 is 2.72 bits per heavy atom. The number of nitrogens with one attached hydrogen (secondary N) is 1. The first-order valence-corrected chi connectivity index (χ1v) is 8.28. The summed E-state index contributed by atoms with van der Waals surface area (Å²) >= 11 is 0. The van der Waals surface area contributed by atoms with Gasteiger partial charge < -0.3 is 5.32 Å². The van der Waals surface area contributed by atoms with Crippen molar-refractivity contribution in [3.8, 4) is 0 Å². The Morgan fingerprint density at radius 1 is 1.33 bits per heavy atom. The lowest BCUT2D eigenvalue weighted by Gasteiger charge is -2.16. The Hall–Kier alpha value is -0.670. The molecule has 3 heteroatoms. The molecule has 1 aliphatic rings. The smallest absolute Gasteiger partial charge is 0.0436 e. The van der Waals surface area contributed by atoms with Crippen LogP contribution >= 0.6 is 0 Å². The summed E-state index contributed by atoms with van der Waals surface area (Å²) < 4.78 is 12.0. The lowest BCUT2D eigenvalue weighted by molar-refractivity contribution is 0.578. The van der Waals surface area contributed by atoms with Crippen LogP contribution in [0.4, 0.5) is 0 Å².